The lowest BCUT2D eigenvalue weighted by molar-refractivity contribution is -0.137. The van der Waals surface area contributed by atoms with Crippen LogP contribution in [0.15, 0.2) is 30.3 Å². The van der Waals surface area contributed by atoms with Crippen molar-refractivity contribution in [3.8, 4) is 0 Å². The fourth-order valence-corrected chi connectivity index (χ4v) is 2.22. The molecule has 7 heteroatoms. The van der Waals surface area contributed by atoms with Gasteiger partial charge in [-0.15, -0.1) is 0 Å². The van der Waals surface area contributed by atoms with Crippen molar-refractivity contribution in [3.05, 3.63) is 51.5 Å². The molecule has 0 bridgehead atoms. The molecule has 0 spiro atoms. The number of hydrogen-bond donors (Lipinski definition) is 2. The van der Waals surface area contributed by atoms with Crippen LogP contribution in [0.4, 0.5) is 30.2 Å². The molecule has 0 aliphatic heterocycles. The average molecular weight is 335 g/mol. The lowest BCUT2D eigenvalue weighted by Crippen LogP contribution is -2.06. The van der Waals surface area contributed by atoms with E-state index in [4.69, 9.17) is 28.9 Å². The molecule has 2 nitrogen and oxygen atoms in total. The van der Waals surface area contributed by atoms with Gasteiger partial charge in [-0.05, 0) is 42.8 Å². The topological polar surface area (TPSA) is 38.0 Å². The summed E-state index contributed by atoms with van der Waals surface area (Å²) in [5, 5.41) is 3.18. The van der Waals surface area contributed by atoms with Crippen LogP contribution in [0.3, 0.4) is 0 Å². The van der Waals surface area contributed by atoms with Crippen LogP contribution in [-0.2, 0) is 6.18 Å². The summed E-state index contributed by atoms with van der Waals surface area (Å²) in [6, 6.07) is 6.45. The zero-order valence-electron chi connectivity index (χ0n) is 10.9. The molecule has 0 amide bonds. The summed E-state index contributed by atoms with van der Waals surface area (Å²) in [5.41, 5.74) is 6.78. The van der Waals surface area contributed by atoms with E-state index < -0.39 is 11.7 Å². The molecule has 2 aromatic rings. The molecule has 21 heavy (non-hydrogen) atoms. The minimum Gasteiger partial charge on any atom is -0.398 e. The van der Waals surface area contributed by atoms with Crippen LogP contribution in [0, 0.1) is 6.92 Å². The standard InChI is InChI=1S/C14H11Cl2F3N2/c1-7-2-12(20)11(16)6-13(7)21-10-4-8(14(17,18)19)3-9(15)5-10/h2-6,21H,20H2,1H3. The summed E-state index contributed by atoms with van der Waals surface area (Å²) in [4.78, 5) is 0. The van der Waals surface area contributed by atoms with Crippen LogP contribution in [0.5, 0.6) is 0 Å². The fourth-order valence-electron chi connectivity index (χ4n) is 1.82. The van der Waals surface area contributed by atoms with Crippen LogP contribution in [-0.4, -0.2) is 0 Å². The predicted molar refractivity (Wildman–Crippen MR) is 80.3 cm³/mol. The first-order chi connectivity index (χ1) is 9.66. The van der Waals surface area contributed by atoms with Crippen molar-refractivity contribution in [2.45, 2.75) is 13.1 Å². The molecule has 0 saturated carbocycles. The zero-order valence-corrected chi connectivity index (χ0v) is 12.4. The lowest BCUT2D eigenvalue weighted by Gasteiger charge is -2.14. The summed E-state index contributed by atoms with van der Waals surface area (Å²) in [6.45, 7) is 1.77. The number of rotatable bonds is 2. The summed E-state index contributed by atoms with van der Waals surface area (Å²) in [5.74, 6) is 0. The second-order valence-corrected chi connectivity index (χ2v) is 5.38. The molecule has 3 N–H and O–H groups in total. The highest BCUT2D eigenvalue weighted by Gasteiger charge is 2.31. The molecule has 0 fully saturated rings. The van der Waals surface area contributed by atoms with Crippen molar-refractivity contribution in [3.63, 3.8) is 0 Å². The monoisotopic (exact) mass is 334 g/mol. The number of anilines is 3. The van der Waals surface area contributed by atoms with E-state index in [1.165, 1.54) is 6.07 Å². The SMILES string of the molecule is Cc1cc(N)c(Cl)cc1Nc1cc(Cl)cc(C(F)(F)F)c1. The van der Waals surface area contributed by atoms with Gasteiger partial charge in [0.25, 0.3) is 0 Å². The van der Waals surface area contributed by atoms with Crippen molar-refractivity contribution >= 4 is 40.3 Å². The van der Waals surface area contributed by atoms with Gasteiger partial charge in [0.15, 0.2) is 0 Å². The van der Waals surface area contributed by atoms with Crippen molar-refractivity contribution in [2.24, 2.45) is 0 Å². The number of nitrogen functional groups attached to an aromatic ring is 1. The third-order valence-corrected chi connectivity index (χ3v) is 3.39. The number of nitrogens with two attached hydrogens (primary N) is 1. The molecule has 0 aliphatic carbocycles. The fraction of sp³-hybridized carbons (Fsp3) is 0.143. The molecular formula is C14H11Cl2F3N2. The van der Waals surface area contributed by atoms with Crippen LogP contribution >= 0.6 is 23.2 Å². The Morgan fingerprint density at radius 2 is 1.71 bits per heavy atom. The van der Waals surface area contributed by atoms with Crippen LogP contribution < -0.4 is 11.1 Å². The Bertz CT molecular complexity index is 685. The molecule has 0 aliphatic rings. The van der Waals surface area contributed by atoms with Gasteiger partial charge in [-0.2, -0.15) is 13.2 Å². The Hall–Kier alpha value is -1.59. The highest BCUT2D eigenvalue weighted by Crippen LogP contribution is 2.35. The first kappa shape index (κ1) is 15.8. The minimum atomic E-state index is -4.46. The van der Waals surface area contributed by atoms with Gasteiger partial charge in [0, 0.05) is 16.4 Å². The van der Waals surface area contributed by atoms with E-state index in [0.29, 0.717) is 16.4 Å². The Kier molecular flexibility index (Phi) is 4.25. The van der Waals surface area contributed by atoms with Crippen molar-refractivity contribution in [1.82, 2.24) is 0 Å². The second-order valence-electron chi connectivity index (χ2n) is 4.54. The van der Waals surface area contributed by atoms with Gasteiger partial charge in [0.1, 0.15) is 0 Å². The Morgan fingerprint density at radius 1 is 1.05 bits per heavy atom. The van der Waals surface area contributed by atoms with E-state index in [-0.39, 0.29) is 10.7 Å². The molecule has 2 aromatic carbocycles. The van der Waals surface area contributed by atoms with Gasteiger partial charge < -0.3 is 11.1 Å². The van der Waals surface area contributed by atoms with E-state index >= 15 is 0 Å². The maximum absolute atomic E-state index is 12.8. The quantitative estimate of drug-likeness (QED) is 0.696. The van der Waals surface area contributed by atoms with Gasteiger partial charge >= 0.3 is 6.18 Å². The molecule has 112 valence electrons. The number of alkyl halides is 3. The molecule has 0 heterocycles. The molecule has 2 rings (SSSR count). The Balaban J connectivity index is 2.40. The van der Waals surface area contributed by atoms with E-state index in [1.807, 2.05) is 0 Å². The third kappa shape index (κ3) is 3.74. The predicted octanol–water partition coefficient (Wildman–Crippen LogP) is 5.65. The summed E-state index contributed by atoms with van der Waals surface area (Å²) in [6.07, 6.45) is -4.46. The molecule has 0 aromatic heterocycles. The van der Waals surface area contributed by atoms with E-state index in [0.717, 1.165) is 17.7 Å². The van der Waals surface area contributed by atoms with E-state index in [9.17, 15) is 13.2 Å². The molecule has 0 unspecified atom stereocenters. The largest absolute Gasteiger partial charge is 0.416 e. The van der Waals surface area contributed by atoms with E-state index in [1.54, 1.807) is 19.1 Å². The highest BCUT2D eigenvalue weighted by molar-refractivity contribution is 6.33. The van der Waals surface area contributed by atoms with Gasteiger partial charge in [-0.3, -0.25) is 0 Å². The number of nitrogens with one attached hydrogen (secondary N) is 1. The zero-order chi connectivity index (χ0) is 15.8. The second kappa shape index (κ2) is 5.66. The smallest absolute Gasteiger partial charge is 0.398 e. The van der Waals surface area contributed by atoms with Crippen LogP contribution in [0.1, 0.15) is 11.1 Å². The lowest BCUT2D eigenvalue weighted by atomic mass is 10.1. The molecule has 0 radical (unpaired) electrons. The number of halogens is 5. The first-order valence-corrected chi connectivity index (χ1v) is 6.63. The van der Waals surface area contributed by atoms with E-state index in [2.05, 4.69) is 5.32 Å². The van der Waals surface area contributed by atoms with Crippen molar-refractivity contribution in [1.29, 1.82) is 0 Å². The highest BCUT2D eigenvalue weighted by atomic mass is 35.5. The van der Waals surface area contributed by atoms with Crippen molar-refractivity contribution in [2.75, 3.05) is 11.1 Å². The maximum Gasteiger partial charge on any atom is 0.416 e. The molecular weight excluding hydrogens is 324 g/mol. The number of hydrogen-bond acceptors (Lipinski definition) is 2. The molecule has 0 saturated heterocycles. The maximum atomic E-state index is 12.8. The minimum absolute atomic E-state index is 0.00785. The number of aryl methyl sites for hydroxylation is 1. The first-order valence-electron chi connectivity index (χ1n) is 5.87. The van der Waals surface area contributed by atoms with Gasteiger partial charge in [0.2, 0.25) is 0 Å². The summed E-state index contributed by atoms with van der Waals surface area (Å²) in [7, 11) is 0. The summed E-state index contributed by atoms with van der Waals surface area (Å²) >= 11 is 11.6. The third-order valence-electron chi connectivity index (χ3n) is 2.85. The number of benzene rings is 2. The summed E-state index contributed by atoms with van der Waals surface area (Å²) < 4.78 is 38.3. The van der Waals surface area contributed by atoms with Crippen molar-refractivity contribution < 1.29 is 13.2 Å². The van der Waals surface area contributed by atoms with Crippen LogP contribution in [0.25, 0.3) is 0 Å². The van der Waals surface area contributed by atoms with Gasteiger partial charge in [-0.1, -0.05) is 23.2 Å². The van der Waals surface area contributed by atoms with Crippen LogP contribution in [0.2, 0.25) is 10.0 Å². The Morgan fingerprint density at radius 3 is 2.33 bits per heavy atom. The van der Waals surface area contributed by atoms with Gasteiger partial charge in [-0.25, -0.2) is 0 Å². The van der Waals surface area contributed by atoms with Gasteiger partial charge in [0.05, 0.1) is 16.3 Å². The normalized spacial score (nSPS) is 11.5. The Labute approximate surface area is 129 Å². The average Bonchev–Trinajstić information content (AvgIpc) is 2.34. The molecule has 0 atom stereocenters.